The lowest BCUT2D eigenvalue weighted by molar-refractivity contribution is -0.128. The predicted octanol–water partition coefficient (Wildman–Crippen LogP) is 5.31. The van der Waals surface area contributed by atoms with Crippen molar-refractivity contribution in [3.63, 3.8) is 0 Å². The van der Waals surface area contributed by atoms with Crippen molar-refractivity contribution < 1.29 is 14.3 Å². The van der Waals surface area contributed by atoms with Crippen LogP contribution in [-0.2, 0) is 22.7 Å². The van der Waals surface area contributed by atoms with Crippen LogP contribution in [0.2, 0.25) is 5.02 Å². The van der Waals surface area contributed by atoms with Gasteiger partial charge in [0.2, 0.25) is 11.8 Å². The molecule has 3 aromatic carbocycles. The fourth-order valence-electron chi connectivity index (χ4n) is 3.87. The molecule has 0 spiro atoms. The van der Waals surface area contributed by atoms with Crippen LogP contribution in [0.15, 0.2) is 77.7 Å². The van der Waals surface area contributed by atoms with Gasteiger partial charge in [0.1, 0.15) is 11.0 Å². The van der Waals surface area contributed by atoms with Crippen LogP contribution in [0, 0.1) is 5.92 Å². The van der Waals surface area contributed by atoms with Crippen LogP contribution in [-0.4, -0.2) is 24.2 Å². The highest BCUT2D eigenvalue weighted by Gasteiger charge is 2.39. The first-order chi connectivity index (χ1) is 16.0. The summed E-state index contributed by atoms with van der Waals surface area (Å²) >= 11 is 7.60. The van der Waals surface area contributed by atoms with Gasteiger partial charge in [0.25, 0.3) is 0 Å². The van der Waals surface area contributed by atoms with Crippen molar-refractivity contribution in [3.05, 3.63) is 88.9 Å². The molecule has 0 aromatic heterocycles. The van der Waals surface area contributed by atoms with Gasteiger partial charge in [0.05, 0.1) is 25.3 Å². The van der Waals surface area contributed by atoms with E-state index in [1.807, 2.05) is 72.8 Å². The van der Waals surface area contributed by atoms with Crippen molar-refractivity contribution in [2.45, 2.75) is 30.2 Å². The van der Waals surface area contributed by atoms with E-state index in [-0.39, 0.29) is 11.8 Å². The number of carbonyl (C=O) groups is 2. The molecule has 0 bridgehead atoms. The number of benzene rings is 3. The maximum Gasteiger partial charge on any atom is 0.241 e. The number of thioether (sulfide) groups is 1. The van der Waals surface area contributed by atoms with Crippen molar-refractivity contribution in [2.75, 3.05) is 12.0 Å². The second-order valence-corrected chi connectivity index (χ2v) is 9.50. The molecule has 3 aromatic rings. The number of nitrogens with one attached hydrogen (secondary N) is 1. The first-order valence-corrected chi connectivity index (χ1v) is 11.9. The van der Waals surface area contributed by atoms with E-state index in [2.05, 4.69) is 5.32 Å². The van der Waals surface area contributed by atoms with E-state index >= 15 is 0 Å². The zero-order chi connectivity index (χ0) is 23.4. The number of hydrogen-bond donors (Lipinski definition) is 1. The van der Waals surface area contributed by atoms with E-state index in [1.165, 1.54) is 11.8 Å². The summed E-state index contributed by atoms with van der Waals surface area (Å²) in [7, 11) is 1.60. The Morgan fingerprint density at radius 1 is 1.12 bits per heavy atom. The third-order valence-electron chi connectivity index (χ3n) is 5.66. The predicted molar refractivity (Wildman–Crippen MR) is 133 cm³/mol. The Labute approximate surface area is 203 Å². The van der Waals surface area contributed by atoms with E-state index in [1.54, 1.807) is 18.9 Å². The molecule has 5 nitrogen and oxygen atoms in total. The second-order valence-electron chi connectivity index (χ2n) is 7.88. The summed E-state index contributed by atoms with van der Waals surface area (Å²) in [6.45, 7) is 2.53. The lowest BCUT2D eigenvalue weighted by atomic mass is 10.0. The second kappa shape index (κ2) is 10.3. The molecule has 0 radical (unpaired) electrons. The number of amides is 2. The van der Waals surface area contributed by atoms with Crippen LogP contribution in [0.1, 0.15) is 18.1 Å². The van der Waals surface area contributed by atoms with Gasteiger partial charge < -0.3 is 15.0 Å². The standard InChI is InChI=1S/C26H25ClN2O3S/c1-17(25(30)28-15-19-9-3-5-12-22(19)32-2)24-26(31)29(16-18-8-7-10-20(27)14-18)21-11-4-6-13-23(21)33-24/h3-14,17,24H,15-16H2,1-2H3,(H,28,30)/t17-,24+/m1/s1. The van der Waals surface area contributed by atoms with Crippen molar-refractivity contribution in [1.29, 1.82) is 0 Å². The Hall–Kier alpha value is -2.96. The molecule has 1 heterocycles. The Kier molecular flexibility index (Phi) is 7.26. The Morgan fingerprint density at radius 2 is 1.88 bits per heavy atom. The van der Waals surface area contributed by atoms with E-state index in [0.717, 1.165) is 27.5 Å². The molecule has 4 rings (SSSR count). The number of fused-ring (bicyclic) bond motifs is 1. The average molecular weight is 481 g/mol. The van der Waals surface area contributed by atoms with Gasteiger partial charge in [-0.15, -0.1) is 11.8 Å². The highest BCUT2D eigenvalue weighted by atomic mass is 35.5. The first kappa shape index (κ1) is 23.2. The zero-order valence-electron chi connectivity index (χ0n) is 18.5. The summed E-state index contributed by atoms with van der Waals surface area (Å²) in [5, 5.41) is 3.06. The smallest absolute Gasteiger partial charge is 0.241 e. The van der Waals surface area contributed by atoms with Gasteiger partial charge in [-0.1, -0.05) is 61.0 Å². The van der Waals surface area contributed by atoms with Gasteiger partial charge >= 0.3 is 0 Å². The van der Waals surface area contributed by atoms with Crippen molar-refractivity contribution in [2.24, 2.45) is 5.92 Å². The number of hydrogen-bond acceptors (Lipinski definition) is 4. The van der Waals surface area contributed by atoms with Crippen molar-refractivity contribution >= 4 is 40.9 Å². The molecular formula is C26H25ClN2O3S. The zero-order valence-corrected chi connectivity index (χ0v) is 20.0. The molecule has 170 valence electrons. The Balaban J connectivity index is 1.53. The quantitative estimate of drug-likeness (QED) is 0.498. The molecule has 1 aliphatic rings. The summed E-state index contributed by atoms with van der Waals surface area (Å²) in [5.41, 5.74) is 2.67. The fraction of sp³-hybridized carbons (Fsp3) is 0.231. The molecule has 0 aliphatic carbocycles. The molecular weight excluding hydrogens is 456 g/mol. The van der Waals surface area contributed by atoms with Crippen molar-refractivity contribution in [1.82, 2.24) is 5.32 Å². The monoisotopic (exact) mass is 480 g/mol. The molecule has 0 saturated heterocycles. The van der Waals surface area contributed by atoms with E-state index in [4.69, 9.17) is 16.3 Å². The summed E-state index contributed by atoms with van der Waals surface area (Å²) in [6, 6.07) is 22.8. The third-order valence-corrected chi connectivity index (χ3v) is 7.36. The van der Waals surface area contributed by atoms with Gasteiger partial charge in [-0.25, -0.2) is 0 Å². The molecule has 33 heavy (non-hydrogen) atoms. The molecule has 0 unspecified atom stereocenters. The first-order valence-electron chi connectivity index (χ1n) is 10.7. The Bertz CT molecular complexity index is 1170. The minimum absolute atomic E-state index is 0.0846. The fourth-order valence-corrected chi connectivity index (χ4v) is 5.36. The van der Waals surface area contributed by atoms with Crippen LogP contribution < -0.4 is 15.0 Å². The van der Waals surface area contributed by atoms with Crippen LogP contribution in [0.4, 0.5) is 5.69 Å². The van der Waals surface area contributed by atoms with Gasteiger partial charge in [0, 0.05) is 22.0 Å². The number of halogens is 1. The van der Waals surface area contributed by atoms with E-state index in [9.17, 15) is 9.59 Å². The van der Waals surface area contributed by atoms with Gasteiger partial charge in [-0.3, -0.25) is 9.59 Å². The molecule has 0 saturated carbocycles. The highest BCUT2D eigenvalue weighted by Crippen LogP contribution is 2.42. The SMILES string of the molecule is COc1ccccc1CNC(=O)[C@H](C)[C@@H]1Sc2ccccc2N(Cc2cccc(Cl)c2)C1=O. The average Bonchev–Trinajstić information content (AvgIpc) is 2.84. The van der Waals surface area contributed by atoms with Gasteiger partial charge in [-0.2, -0.15) is 0 Å². The third kappa shape index (κ3) is 5.18. The van der Waals surface area contributed by atoms with Crippen molar-refractivity contribution in [3.8, 4) is 5.75 Å². The number of methoxy groups -OCH3 is 1. The van der Waals surface area contributed by atoms with Crippen LogP contribution >= 0.6 is 23.4 Å². The molecule has 1 N–H and O–H groups in total. The summed E-state index contributed by atoms with van der Waals surface area (Å²) in [5.74, 6) is -0.0601. The molecule has 7 heteroatoms. The molecule has 2 atom stereocenters. The van der Waals surface area contributed by atoms with Gasteiger partial charge in [-0.05, 0) is 35.9 Å². The van der Waals surface area contributed by atoms with E-state index in [0.29, 0.717) is 18.1 Å². The summed E-state index contributed by atoms with van der Waals surface area (Å²) in [6.07, 6.45) is 0. The van der Waals surface area contributed by atoms with Crippen LogP contribution in [0.3, 0.4) is 0 Å². The summed E-state index contributed by atoms with van der Waals surface area (Å²) < 4.78 is 5.36. The van der Waals surface area contributed by atoms with E-state index < -0.39 is 11.2 Å². The largest absolute Gasteiger partial charge is 0.496 e. The maximum atomic E-state index is 13.6. The van der Waals surface area contributed by atoms with Crippen LogP contribution in [0.25, 0.3) is 0 Å². The number of ether oxygens (including phenoxy) is 1. The summed E-state index contributed by atoms with van der Waals surface area (Å²) in [4.78, 5) is 29.3. The topological polar surface area (TPSA) is 58.6 Å². The number of rotatable bonds is 7. The lowest BCUT2D eigenvalue weighted by Crippen LogP contribution is -2.47. The highest BCUT2D eigenvalue weighted by molar-refractivity contribution is 8.01. The number of para-hydroxylation sites is 2. The number of anilines is 1. The van der Waals surface area contributed by atoms with Gasteiger partial charge in [0.15, 0.2) is 0 Å². The number of carbonyl (C=O) groups excluding carboxylic acids is 2. The molecule has 2 amide bonds. The molecule has 1 aliphatic heterocycles. The minimum atomic E-state index is -0.531. The lowest BCUT2D eigenvalue weighted by Gasteiger charge is -2.35. The van der Waals surface area contributed by atoms with Crippen LogP contribution in [0.5, 0.6) is 5.75 Å². The molecule has 0 fully saturated rings. The minimum Gasteiger partial charge on any atom is -0.496 e. The Morgan fingerprint density at radius 3 is 2.67 bits per heavy atom. The maximum absolute atomic E-state index is 13.6. The number of nitrogens with zero attached hydrogens (tertiary/aromatic N) is 1. The normalized spacial score (nSPS) is 16.2.